The molecule has 0 aromatic heterocycles. The summed E-state index contributed by atoms with van der Waals surface area (Å²) in [6.07, 6.45) is 5.01. The van der Waals surface area contributed by atoms with Gasteiger partial charge in [0.25, 0.3) is 0 Å². The molecular formula is C16H16Cl2N2O2. The Morgan fingerprint density at radius 2 is 1.91 bits per heavy atom. The van der Waals surface area contributed by atoms with E-state index in [4.69, 9.17) is 34.7 Å². The van der Waals surface area contributed by atoms with Crippen molar-refractivity contribution in [3.05, 3.63) is 46.0 Å². The summed E-state index contributed by atoms with van der Waals surface area (Å²) in [7, 11) is 0. The molecule has 2 aliphatic carbocycles. The summed E-state index contributed by atoms with van der Waals surface area (Å²) in [5, 5.41) is 0.853. The molecule has 3 rings (SSSR count). The van der Waals surface area contributed by atoms with Crippen molar-refractivity contribution in [2.45, 2.75) is 12.8 Å². The van der Waals surface area contributed by atoms with Crippen molar-refractivity contribution >= 4 is 35.0 Å². The van der Waals surface area contributed by atoms with Gasteiger partial charge in [-0.3, -0.25) is 9.59 Å². The minimum atomic E-state index is -0.984. The maximum absolute atomic E-state index is 12.3. The first-order valence-corrected chi connectivity index (χ1v) is 7.83. The number of fused-ring (bicyclic) bond motifs is 2. The van der Waals surface area contributed by atoms with Crippen molar-refractivity contribution in [2.75, 3.05) is 0 Å². The second-order valence-corrected chi connectivity index (χ2v) is 6.92. The third-order valence-electron chi connectivity index (χ3n) is 5.01. The average molecular weight is 339 g/mol. The molecule has 116 valence electrons. The highest BCUT2D eigenvalue weighted by molar-refractivity contribution is 6.42. The second kappa shape index (κ2) is 5.28. The van der Waals surface area contributed by atoms with Crippen LogP contribution in [0.5, 0.6) is 0 Å². The van der Waals surface area contributed by atoms with E-state index in [9.17, 15) is 9.59 Å². The summed E-state index contributed by atoms with van der Waals surface area (Å²) in [5.41, 5.74) is 11.1. The van der Waals surface area contributed by atoms with E-state index in [-0.39, 0.29) is 11.8 Å². The molecule has 6 heteroatoms. The monoisotopic (exact) mass is 338 g/mol. The zero-order valence-electron chi connectivity index (χ0n) is 11.8. The molecule has 0 spiro atoms. The van der Waals surface area contributed by atoms with Crippen molar-refractivity contribution in [2.24, 2.45) is 34.6 Å². The SMILES string of the molecule is NC(=O)C1C2C=CC(C2)C1(Cc1ccc(Cl)c(Cl)c1)C(N)=O. The van der Waals surface area contributed by atoms with Crippen LogP contribution in [0.25, 0.3) is 0 Å². The van der Waals surface area contributed by atoms with Crippen molar-refractivity contribution in [3.63, 3.8) is 0 Å². The van der Waals surface area contributed by atoms with E-state index in [1.807, 2.05) is 12.2 Å². The van der Waals surface area contributed by atoms with Crippen LogP contribution in [0.15, 0.2) is 30.4 Å². The lowest BCUT2D eigenvalue weighted by molar-refractivity contribution is -0.139. The molecule has 0 heterocycles. The Balaban J connectivity index is 2.05. The lowest BCUT2D eigenvalue weighted by Crippen LogP contribution is -2.52. The van der Waals surface area contributed by atoms with Crippen LogP contribution in [0.1, 0.15) is 12.0 Å². The molecule has 1 aromatic carbocycles. The van der Waals surface area contributed by atoms with Gasteiger partial charge in [-0.25, -0.2) is 0 Å². The van der Waals surface area contributed by atoms with E-state index in [0.717, 1.165) is 12.0 Å². The van der Waals surface area contributed by atoms with Crippen LogP contribution in [-0.4, -0.2) is 11.8 Å². The summed E-state index contributed by atoms with van der Waals surface area (Å²) in [6.45, 7) is 0. The van der Waals surface area contributed by atoms with Gasteiger partial charge in [-0.1, -0.05) is 41.4 Å². The number of benzene rings is 1. The average Bonchev–Trinajstić information content (AvgIpc) is 3.02. The molecule has 2 bridgehead atoms. The number of hydrogen-bond acceptors (Lipinski definition) is 2. The zero-order chi connectivity index (χ0) is 16.1. The number of allylic oxidation sites excluding steroid dienone is 2. The quantitative estimate of drug-likeness (QED) is 0.825. The number of nitrogens with two attached hydrogens (primary N) is 2. The Labute approximate surface area is 138 Å². The zero-order valence-corrected chi connectivity index (χ0v) is 13.3. The summed E-state index contributed by atoms with van der Waals surface area (Å²) in [6, 6.07) is 5.19. The number of rotatable bonds is 4. The van der Waals surface area contributed by atoms with Crippen molar-refractivity contribution < 1.29 is 9.59 Å². The van der Waals surface area contributed by atoms with Crippen LogP contribution < -0.4 is 11.5 Å². The van der Waals surface area contributed by atoms with Crippen molar-refractivity contribution in [1.29, 1.82) is 0 Å². The molecular weight excluding hydrogens is 323 g/mol. The summed E-state index contributed by atoms with van der Waals surface area (Å²) in [5.74, 6) is -1.62. The standard InChI is InChI=1S/C16H16Cl2N2O2/c17-11-4-1-8(5-12(11)18)7-16(15(20)22)10-3-2-9(6-10)13(16)14(19)21/h1-5,9-10,13H,6-7H2,(H2,19,21)(H2,20,22). The lowest BCUT2D eigenvalue weighted by Gasteiger charge is -2.38. The van der Waals surface area contributed by atoms with Crippen LogP contribution in [0.3, 0.4) is 0 Å². The summed E-state index contributed by atoms with van der Waals surface area (Å²) in [4.78, 5) is 24.3. The van der Waals surface area contributed by atoms with Gasteiger partial charge in [-0.15, -0.1) is 0 Å². The molecule has 4 atom stereocenters. The van der Waals surface area contributed by atoms with Gasteiger partial charge in [0.15, 0.2) is 0 Å². The Morgan fingerprint density at radius 3 is 2.50 bits per heavy atom. The minimum Gasteiger partial charge on any atom is -0.369 e. The normalized spacial score (nSPS) is 32.4. The van der Waals surface area contributed by atoms with Gasteiger partial charge >= 0.3 is 0 Å². The van der Waals surface area contributed by atoms with Crippen molar-refractivity contribution in [1.82, 2.24) is 0 Å². The third kappa shape index (κ3) is 2.13. The van der Waals surface area contributed by atoms with Gasteiger partial charge in [0.05, 0.1) is 21.4 Å². The van der Waals surface area contributed by atoms with Crippen molar-refractivity contribution in [3.8, 4) is 0 Å². The molecule has 0 saturated heterocycles. The predicted molar refractivity (Wildman–Crippen MR) is 85.2 cm³/mol. The molecule has 1 saturated carbocycles. The third-order valence-corrected chi connectivity index (χ3v) is 5.75. The fourth-order valence-corrected chi connectivity index (χ4v) is 4.41. The fraction of sp³-hybridized carbons (Fsp3) is 0.375. The lowest BCUT2D eigenvalue weighted by atomic mass is 9.64. The van der Waals surface area contributed by atoms with Gasteiger partial charge < -0.3 is 11.5 Å². The first-order valence-electron chi connectivity index (χ1n) is 7.07. The van der Waals surface area contributed by atoms with Gasteiger partial charge in [0, 0.05) is 0 Å². The number of primary amides is 2. The molecule has 2 aliphatic rings. The summed E-state index contributed by atoms with van der Waals surface area (Å²) < 4.78 is 0. The van der Waals surface area contributed by atoms with E-state index < -0.39 is 23.1 Å². The Hall–Kier alpha value is -1.52. The molecule has 1 aromatic rings. The molecule has 0 aliphatic heterocycles. The smallest absolute Gasteiger partial charge is 0.225 e. The maximum atomic E-state index is 12.3. The van der Waals surface area contributed by atoms with E-state index in [1.54, 1.807) is 18.2 Å². The predicted octanol–water partition coefficient (Wildman–Crippen LogP) is 2.31. The van der Waals surface area contributed by atoms with Crippen LogP contribution in [0, 0.1) is 23.2 Å². The summed E-state index contributed by atoms with van der Waals surface area (Å²) >= 11 is 12.0. The van der Waals surface area contributed by atoms with Gasteiger partial charge in [-0.2, -0.15) is 0 Å². The number of carbonyl (C=O) groups excluding carboxylic acids is 2. The molecule has 1 fully saturated rings. The van der Waals surface area contributed by atoms with E-state index in [2.05, 4.69) is 0 Å². The van der Waals surface area contributed by atoms with Crippen LogP contribution >= 0.6 is 23.2 Å². The fourth-order valence-electron chi connectivity index (χ4n) is 4.09. The Bertz CT molecular complexity index is 689. The topological polar surface area (TPSA) is 86.2 Å². The molecule has 0 radical (unpaired) electrons. The van der Waals surface area contributed by atoms with Gasteiger partial charge in [0.1, 0.15) is 0 Å². The highest BCUT2D eigenvalue weighted by Crippen LogP contribution is 2.57. The highest BCUT2D eigenvalue weighted by atomic mass is 35.5. The van der Waals surface area contributed by atoms with E-state index in [1.165, 1.54) is 0 Å². The Kier molecular flexibility index (Phi) is 3.69. The van der Waals surface area contributed by atoms with Crippen LogP contribution in [0.2, 0.25) is 10.0 Å². The van der Waals surface area contributed by atoms with E-state index >= 15 is 0 Å². The number of carbonyl (C=O) groups is 2. The highest BCUT2D eigenvalue weighted by Gasteiger charge is 2.61. The largest absolute Gasteiger partial charge is 0.369 e. The molecule has 4 unspecified atom stereocenters. The second-order valence-electron chi connectivity index (χ2n) is 6.10. The first kappa shape index (κ1) is 15.4. The molecule has 4 nitrogen and oxygen atoms in total. The number of amides is 2. The number of halogens is 2. The van der Waals surface area contributed by atoms with Crippen LogP contribution in [-0.2, 0) is 16.0 Å². The Morgan fingerprint density at radius 1 is 1.18 bits per heavy atom. The first-order chi connectivity index (χ1) is 10.4. The van der Waals surface area contributed by atoms with Gasteiger partial charge in [0.2, 0.25) is 11.8 Å². The van der Waals surface area contributed by atoms with E-state index in [0.29, 0.717) is 16.5 Å². The number of hydrogen-bond donors (Lipinski definition) is 2. The molecule has 4 N–H and O–H groups in total. The van der Waals surface area contributed by atoms with Crippen LogP contribution in [0.4, 0.5) is 0 Å². The van der Waals surface area contributed by atoms with Gasteiger partial charge in [-0.05, 0) is 42.4 Å². The minimum absolute atomic E-state index is 0.0160. The maximum Gasteiger partial charge on any atom is 0.225 e. The molecule has 22 heavy (non-hydrogen) atoms. The molecule has 2 amide bonds.